The number of hydrogen-bond acceptors (Lipinski definition) is 6. The monoisotopic (exact) mass is 552 g/mol. The zero-order valence-electron chi connectivity index (χ0n) is 22.3. The first-order valence-corrected chi connectivity index (χ1v) is 13.8. The summed E-state index contributed by atoms with van der Waals surface area (Å²) in [7, 11) is 4.14. The summed E-state index contributed by atoms with van der Waals surface area (Å²) in [6, 6.07) is 26.2. The second kappa shape index (κ2) is 17.6. The maximum absolute atomic E-state index is 12.9. The van der Waals surface area contributed by atoms with Crippen LogP contribution >= 0.6 is 11.8 Å². The van der Waals surface area contributed by atoms with Gasteiger partial charge in [-0.15, -0.1) is 0 Å². The van der Waals surface area contributed by atoms with Crippen LogP contribution in [0.15, 0.2) is 78.9 Å². The Morgan fingerprint density at radius 1 is 0.821 bits per heavy atom. The number of thioether (sulfide) groups is 1. The molecule has 0 fully saturated rings. The number of unbranched alkanes of at least 4 members (excludes halogenated alkanes) is 1. The van der Waals surface area contributed by atoms with Gasteiger partial charge in [0.2, 0.25) is 0 Å². The molecule has 9 heteroatoms. The summed E-state index contributed by atoms with van der Waals surface area (Å²) >= 11 is 1.84. The highest BCUT2D eigenvalue weighted by molar-refractivity contribution is 7.98. The van der Waals surface area contributed by atoms with Gasteiger partial charge >= 0.3 is 11.9 Å². The summed E-state index contributed by atoms with van der Waals surface area (Å²) in [6.45, 7) is 2.40. The van der Waals surface area contributed by atoms with Gasteiger partial charge in [0, 0.05) is 23.6 Å². The van der Waals surface area contributed by atoms with Crippen molar-refractivity contribution < 1.29 is 29.3 Å². The second-order valence-corrected chi connectivity index (χ2v) is 9.90. The molecule has 0 atom stereocenters. The van der Waals surface area contributed by atoms with Crippen molar-refractivity contribution in [3.8, 4) is 16.9 Å². The van der Waals surface area contributed by atoms with Crippen LogP contribution in [0.25, 0.3) is 11.1 Å². The minimum Gasteiger partial charge on any atom is -0.493 e. The number of ether oxygens (including phenoxy) is 1. The molecule has 0 heterocycles. The Labute approximate surface area is 234 Å². The highest BCUT2D eigenvalue weighted by Crippen LogP contribution is 2.29. The molecule has 3 N–H and O–H groups in total. The first kappa shape index (κ1) is 31.4. The number of carbonyl (C=O) groups is 3. The van der Waals surface area contributed by atoms with Crippen LogP contribution in [0.5, 0.6) is 5.75 Å². The van der Waals surface area contributed by atoms with Crippen molar-refractivity contribution in [3.05, 3.63) is 90.0 Å². The Bertz CT molecular complexity index is 1170. The van der Waals surface area contributed by atoms with E-state index >= 15 is 0 Å². The fourth-order valence-corrected chi connectivity index (χ4v) is 4.41. The van der Waals surface area contributed by atoms with Gasteiger partial charge in [0.05, 0.1) is 6.61 Å². The number of carboxylic acid groups (broad SMARTS) is 2. The third-order valence-electron chi connectivity index (χ3n) is 5.48. The maximum Gasteiger partial charge on any atom is 0.414 e. The fourth-order valence-electron chi connectivity index (χ4n) is 3.59. The zero-order chi connectivity index (χ0) is 28.5. The molecule has 0 aliphatic carbocycles. The molecule has 0 aromatic heterocycles. The van der Waals surface area contributed by atoms with Crippen molar-refractivity contribution >= 4 is 29.6 Å². The SMILES string of the molecule is CN(C)CCCCNC(=O)c1ccccc1-c1ccccc1CSCCOc1ccccc1.O=C(O)C(=O)O. The lowest BCUT2D eigenvalue weighted by Gasteiger charge is -2.14. The Balaban J connectivity index is 0.000000798. The number of nitrogens with zero attached hydrogens (tertiary/aromatic N) is 1. The van der Waals surface area contributed by atoms with Crippen molar-refractivity contribution in [1.29, 1.82) is 0 Å². The number of carboxylic acids is 2. The number of rotatable bonds is 13. The first-order valence-electron chi connectivity index (χ1n) is 12.6. The van der Waals surface area contributed by atoms with Crippen LogP contribution in [0, 0.1) is 0 Å². The van der Waals surface area contributed by atoms with Crippen molar-refractivity contribution in [2.45, 2.75) is 18.6 Å². The Morgan fingerprint density at radius 2 is 1.44 bits per heavy atom. The average Bonchev–Trinajstić information content (AvgIpc) is 2.93. The molecule has 1 amide bonds. The lowest BCUT2D eigenvalue weighted by Crippen LogP contribution is -2.25. The number of hydrogen-bond donors (Lipinski definition) is 3. The fraction of sp³-hybridized carbons (Fsp3) is 0.300. The zero-order valence-corrected chi connectivity index (χ0v) is 23.2. The molecule has 3 aromatic rings. The smallest absolute Gasteiger partial charge is 0.414 e. The lowest BCUT2D eigenvalue weighted by molar-refractivity contribution is -0.159. The van der Waals surface area contributed by atoms with E-state index in [1.165, 1.54) is 5.56 Å². The number of nitrogens with one attached hydrogen (secondary N) is 1. The summed E-state index contributed by atoms with van der Waals surface area (Å²) in [5.41, 5.74) is 4.07. The summed E-state index contributed by atoms with van der Waals surface area (Å²) in [5.74, 6) is -0.980. The quantitative estimate of drug-likeness (QED) is 0.203. The maximum atomic E-state index is 12.9. The minimum atomic E-state index is -1.82. The average molecular weight is 553 g/mol. The van der Waals surface area contributed by atoms with Gasteiger partial charge < -0.3 is 25.2 Å². The van der Waals surface area contributed by atoms with Crippen LogP contribution in [-0.4, -0.2) is 72.5 Å². The van der Waals surface area contributed by atoms with Crippen molar-refractivity contribution in [2.24, 2.45) is 0 Å². The standard InChI is InChI=1S/C28H34N2O2S.C2H2O4/c1-30(2)19-11-10-18-29-28(31)27-17-9-8-16-26(27)25-15-7-6-12-23(25)22-33-21-20-32-24-13-4-3-5-14-24;3-1(4)2(5)6/h3-9,12-17H,10-11,18-22H2,1-2H3,(H,29,31);(H,3,4)(H,5,6). The van der Waals surface area contributed by atoms with E-state index in [1.807, 2.05) is 72.4 Å². The highest BCUT2D eigenvalue weighted by atomic mass is 32.2. The predicted molar refractivity (Wildman–Crippen MR) is 155 cm³/mol. The van der Waals surface area contributed by atoms with Gasteiger partial charge in [-0.2, -0.15) is 11.8 Å². The van der Waals surface area contributed by atoms with Gasteiger partial charge in [-0.25, -0.2) is 9.59 Å². The van der Waals surface area contributed by atoms with E-state index in [0.29, 0.717) is 13.2 Å². The third-order valence-corrected chi connectivity index (χ3v) is 6.45. The molecular weight excluding hydrogens is 516 g/mol. The molecule has 0 saturated carbocycles. The summed E-state index contributed by atoms with van der Waals surface area (Å²) in [4.78, 5) is 33.3. The van der Waals surface area contributed by atoms with Crippen LogP contribution in [0.1, 0.15) is 28.8 Å². The van der Waals surface area contributed by atoms with E-state index in [4.69, 9.17) is 24.5 Å². The van der Waals surface area contributed by atoms with Gasteiger partial charge in [-0.05, 0) is 68.4 Å². The molecule has 0 aliphatic rings. The van der Waals surface area contributed by atoms with Gasteiger partial charge in [-0.1, -0.05) is 60.7 Å². The molecule has 39 heavy (non-hydrogen) atoms. The van der Waals surface area contributed by atoms with Crippen molar-refractivity contribution in [2.75, 3.05) is 39.5 Å². The molecule has 208 valence electrons. The van der Waals surface area contributed by atoms with Crippen LogP contribution in [0.4, 0.5) is 0 Å². The lowest BCUT2D eigenvalue weighted by atomic mass is 9.95. The topological polar surface area (TPSA) is 116 Å². The predicted octanol–water partition coefficient (Wildman–Crippen LogP) is 4.89. The minimum absolute atomic E-state index is 0.00540. The molecule has 0 aliphatic heterocycles. The largest absolute Gasteiger partial charge is 0.493 e. The number of para-hydroxylation sites is 1. The van der Waals surface area contributed by atoms with E-state index in [9.17, 15) is 4.79 Å². The molecular formula is C30H36N2O6S. The summed E-state index contributed by atoms with van der Waals surface area (Å²) in [6.07, 6.45) is 2.05. The second-order valence-electron chi connectivity index (χ2n) is 8.79. The van der Waals surface area contributed by atoms with Gasteiger partial charge in [0.1, 0.15) is 5.75 Å². The van der Waals surface area contributed by atoms with Crippen molar-refractivity contribution in [3.63, 3.8) is 0 Å². The normalized spacial score (nSPS) is 10.3. The van der Waals surface area contributed by atoms with E-state index in [2.05, 4.69) is 42.5 Å². The van der Waals surface area contributed by atoms with Crippen LogP contribution < -0.4 is 10.1 Å². The van der Waals surface area contributed by atoms with E-state index in [0.717, 1.165) is 53.3 Å². The molecule has 0 radical (unpaired) electrons. The molecule has 3 rings (SSSR count). The van der Waals surface area contributed by atoms with E-state index < -0.39 is 11.9 Å². The number of benzene rings is 3. The summed E-state index contributed by atoms with van der Waals surface area (Å²) in [5, 5.41) is 17.9. The van der Waals surface area contributed by atoms with Crippen LogP contribution in [0.2, 0.25) is 0 Å². The first-order chi connectivity index (χ1) is 18.8. The Morgan fingerprint density at radius 3 is 2.10 bits per heavy atom. The highest BCUT2D eigenvalue weighted by Gasteiger charge is 2.14. The molecule has 8 nitrogen and oxygen atoms in total. The van der Waals surface area contributed by atoms with Gasteiger partial charge in [-0.3, -0.25) is 4.79 Å². The molecule has 0 spiro atoms. The van der Waals surface area contributed by atoms with Gasteiger partial charge in [0.15, 0.2) is 0 Å². The van der Waals surface area contributed by atoms with E-state index in [-0.39, 0.29) is 5.91 Å². The number of aliphatic carboxylic acids is 2. The summed E-state index contributed by atoms with van der Waals surface area (Å²) < 4.78 is 5.80. The van der Waals surface area contributed by atoms with Gasteiger partial charge in [0.25, 0.3) is 5.91 Å². The Hall–Kier alpha value is -3.82. The molecule has 3 aromatic carbocycles. The van der Waals surface area contributed by atoms with Crippen LogP contribution in [0.3, 0.4) is 0 Å². The van der Waals surface area contributed by atoms with Crippen LogP contribution in [-0.2, 0) is 15.3 Å². The molecule has 0 bridgehead atoms. The number of amides is 1. The van der Waals surface area contributed by atoms with E-state index in [1.54, 1.807) is 0 Å². The Kier molecular flexibility index (Phi) is 14.2. The molecule has 0 saturated heterocycles. The van der Waals surface area contributed by atoms with Crippen molar-refractivity contribution in [1.82, 2.24) is 10.2 Å². The molecule has 0 unspecified atom stereocenters. The number of carbonyl (C=O) groups excluding carboxylic acids is 1. The third kappa shape index (κ3) is 12.1.